The molecule has 0 amide bonds. The average molecular weight is 205 g/mol. The van der Waals surface area contributed by atoms with E-state index in [9.17, 15) is 0 Å². The zero-order valence-electron chi connectivity index (χ0n) is 8.60. The summed E-state index contributed by atoms with van der Waals surface area (Å²) in [6.07, 6.45) is 4.40. The number of hydrogen-bond acceptors (Lipinski definition) is 4. The van der Waals surface area contributed by atoms with Gasteiger partial charge in [-0.1, -0.05) is 0 Å². The van der Waals surface area contributed by atoms with E-state index in [0.717, 1.165) is 26.2 Å². The Morgan fingerprint density at radius 3 is 2.80 bits per heavy atom. The van der Waals surface area contributed by atoms with Crippen molar-refractivity contribution >= 4 is 5.69 Å². The van der Waals surface area contributed by atoms with Crippen LogP contribution in [0.5, 0.6) is 0 Å². The summed E-state index contributed by atoms with van der Waals surface area (Å²) in [4.78, 5) is 6.52. The van der Waals surface area contributed by atoms with E-state index in [2.05, 4.69) is 21.3 Å². The van der Waals surface area contributed by atoms with E-state index < -0.39 is 0 Å². The van der Waals surface area contributed by atoms with Gasteiger partial charge in [0.25, 0.3) is 0 Å². The number of aromatic nitrogens is 1. The number of anilines is 1. The summed E-state index contributed by atoms with van der Waals surface area (Å²) in [6.45, 7) is 3.87. The lowest BCUT2D eigenvalue weighted by molar-refractivity contribution is -0.0484. The first-order chi connectivity index (χ1) is 7.42. The van der Waals surface area contributed by atoms with E-state index in [1.54, 1.807) is 0 Å². The maximum atomic E-state index is 5.85. The molecule has 2 atom stereocenters. The van der Waals surface area contributed by atoms with Crippen molar-refractivity contribution in [2.24, 2.45) is 0 Å². The fourth-order valence-electron chi connectivity index (χ4n) is 2.31. The van der Waals surface area contributed by atoms with Gasteiger partial charge in [0.1, 0.15) is 0 Å². The monoisotopic (exact) mass is 205 g/mol. The van der Waals surface area contributed by atoms with Crippen LogP contribution in [0.1, 0.15) is 0 Å². The average Bonchev–Trinajstić information content (AvgIpc) is 2.30. The Bertz CT molecular complexity index is 318. The van der Waals surface area contributed by atoms with Crippen LogP contribution in [0.15, 0.2) is 24.5 Å². The van der Waals surface area contributed by atoms with Crippen LogP contribution >= 0.6 is 0 Å². The fourth-order valence-corrected chi connectivity index (χ4v) is 2.31. The number of morpholine rings is 2. The van der Waals surface area contributed by atoms with Gasteiger partial charge in [0, 0.05) is 32.4 Å². The van der Waals surface area contributed by atoms with Gasteiger partial charge in [-0.3, -0.25) is 4.98 Å². The molecule has 0 saturated carbocycles. The summed E-state index contributed by atoms with van der Waals surface area (Å²) in [6, 6.07) is 4.10. The molecule has 1 N–H and O–H groups in total. The first-order valence-electron chi connectivity index (χ1n) is 5.43. The smallest absolute Gasteiger partial charge is 0.0879 e. The molecule has 2 aliphatic rings. The molecule has 2 unspecified atom stereocenters. The third kappa shape index (κ3) is 1.82. The van der Waals surface area contributed by atoms with Crippen molar-refractivity contribution in [3.63, 3.8) is 0 Å². The van der Waals surface area contributed by atoms with Gasteiger partial charge < -0.3 is 15.0 Å². The minimum Gasteiger partial charge on any atom is -0.369 e. The first kappa shape index (κ1) is 9.12. The van der Waals surface area contributed by atoms with Crippen LogP contribution in [0, 0.1) is 0 Å². The van der Waals surface area contributed by atoms with E-state index in [1.165, 1.54) is 5.69 Å². The van der Waals surface area contributed by atoms with Crippen molar-refractivity contribution < 1.29 is 4.74 Å². The Morgan fingerprint density at radius 1 is 1.33 bits per heavy atom. The van der Waals surface area contributed by atoms with Crippen molar-refractivity contribution in [1.82, 2.24) is 10.3 Å². The van der Waals surface area contributed by atoms with Gasteiger partial charge in [-0.2, -0.15) is 0 Å². The van der Waals surface area contributed by atoms with Crippen LogP contribution in [0.2, 0.25) is 0 Å². The Hall–Kier alpha value is -1.13. The van der Waals surface area contributed by atoms with E-state index >= 15 is 0 Å². The first-order valence-corrected chi connectivity index (χ1v) is 5.43. The van der Waals surface area contributed by atoms with E-state index in [0.29, 0.717) is 12.2 Å². The van der Waals surface area contributed by atoms with Gasteiger partial charge in [-0.25, -0.2) is 0 Å². The fraction of sp³-hybridized carbons (Fsp3) is 0.545. The zero-order chi connectivity index (χ0) is 10.1. The lowest BCUT2D eigenvalue weighted by Crippen LogP contribution is -2.58. The number of rotatable bonds is 1. The number of nitrogens with zero attached hydrogens (tertiary/aromatic N) is 2. The van der Waals surface area contributed by atoms with Crippen molar-refractivity contribution in [3.05, 3.63) is 24.5 Å². The lowest BCUT2D eigenvalue weighted by Gasteiger charge is -2.42. The normalized spacial score (nSPS) is 30.3. The van der Waals surface area contributed by atoms with Crippen LogP contribution in [0.25, 0.3) is 0 Å². The highest BCUT2D eigenvalue weighted by Gasteiger charge is 2.30. The Morgan fingerprint density at radius 2 is 2.13 bits per heavy atom. The van der Waals surface area contributed by atoms with Crippen LogP contribution < -0.4 is 10.2 Å². The van der Waals surface area contributed by atoms with Crippen LogP contribution in [0.3, 0.4) is 0 Å². The van der Waals surface area contributed by atoms with E-state index in [4.69, 9.17) is 4.74 Å². The summed E-state index contributed by atoms with van der Waals surface area (Å²) < 4.78 is 5.85. The highest BCUT2D eigenvalue weighted by atomic mass is 16.5. The lowest BCUT2D eigenvalue weighted by atomic mass is 10.1. The molecule has 2 saturated heterocycles. The zero-order valence-corrected chi connectivity index (χ0v) is 8.60. The van der Waals surface area contributed by atoms with Crippen molar-refractivity contribution in [2.75, 3.05) is 31.1 Å². The number of ether oxygens (including phenoxy) is 1. The quantitative estimate of drug-likeness (QED) is 0.713. The molecule has 4 heteroatoms. The number of hydrogen-bond donors (Lipinski definition) is 1. The number of nitrogens with one attached hydrogen (secondary N) is 1. The van der Waals surface area contributed by atoms with Crippen molar-refractivity contribution in [2.45, 2.75) is 12.2 Å². The van der Waals surface area contributed by atoms with Crippen LogP contribution in [0.4, 0.5) is 5.69 Å². The molecule has 2 aliphatic heterocycles. The Balaban J connectivity index is 1.78. The predicted octanol–water partition coefficient (Wildman–Crippen LogP) is 0.259. The third-order valence-electron chi connectivity index (χ3n) is 2.99. The van der Waals surface area contributed by atoms with Crippen LogP contribution in [-0.4, -0.2) is 43.4 Å². The summed E-state index contributed by atoms with van der Waals surface area (Å²) in [5, 5.41) is 3.39. The summed E-state index contributed by atoms with van der Waals surface area (Å²) in [7, 11) is 0. The Kier molecular flexibility index (Phi) is 2.31. The number of pyridine rings is 1. The van der Waals surface area contributed by atoms with Gasteiger partial charge in [-0.15, -0.1) is 0 Å². The second-order valence-corrected chi connectivity index (χ2v) is 4.15. The predicted molar refractivity (Wildman–Crippen MR) is 58.0 cm³/mol. The molecule has 80 valence electrons. The molecule has 1 aromatic rings. The SMILES string of the molecule is c1cncc(N2CC3CNCC(C2)O3)c1. The minimum absolute atomic E-state index is 0.331. The minimum atomic E-state index is 0.331. The molecule has 4 nitrogen and oxygen atoms in total. The molecule has 1 aromatic heterocycles. The summed E-state index contributed by atoms with van der Waals surface area (Å²) >= 11 is 0. The van der Waals surface area contributed by atoms with Gasteiger partial charge in [0.2, 0.25) is 0 Å². The molecule has 0 aliphatic carbocycles. The van der Waals surface area contributed by atoms with Gasteiger partial charge in [0.05, 0.1) is 24.1 Å². The highest BCUT2D eigenvalue weighted by Crippen LogP contribution is 2.20. The summed E-state index contributed by atoms with van der Waals surface area (Å²) in [5.41, 5.74) is 1.21. The molecule has 3 rings (SSSR count). The van der Waals surface area contributed by atoms with Crippen LogP contribution in [-0.2, 0) is 4.74 Å². The maximum absolute atomic E-state index is 5.85. The summed E-state index contributed by atoms with van der Waals surface area (Å²) in [5.74, 6) is 0. The molecule has 0 radical (unpaired) electrons. The second-order valence-electron chi connectivity index (χ2n) is 4.15. The molecule has 2 bridgehead atoms. The molecule has 3 heterocycles. The van der Waals surface area contributed by atoms with Crippen molar-refractivity contribution in [3.8, 4) is 0 Å². The van der Waals surface area contributed by atoms with Gasteiger partial charge in [0.15, 0.2) is 0 Å². The largest absolute Gasteiger partial charge is 0.369 e. The molecule has 2 fully saturated rings. The van der Waals surface area contributed by atoms with Crippen molar-refractivity contribution in [1.29, 1.82) is 0 Å². The standard InChI is InChI=1S/C11H15N3O/c1-2-9(4-12-3-1)14-7-10-5-13-6-11(8-14)15-10/h1-4,10-11,13H,5-8H2. The molecular weight excluding hydrogens is 190 g/mol. The third-order valence-corrected chi connectivity index (χ3v) is 2.99. The molecular formula is C11H15N3O. The van der Waals surface area contributed by atoms with Gasteiger partial charge in [-0.05, 0) is 12.1 Å². The number of fused-ring (bicyclic) bond motifs is 2. The Labute approximate surface area is 89.3 Å². The highest BCUT2D eigenvalue weighted by molar-refractivity contribution is 5.44. The van der Waals surface area contributed by atoms with E-state index in [1.807, 2.05) is 18.5 Å². The topological polar surface area (TPSA) is 37.4 Å². The maximum Gasteiger partial charge on any atom is 0.0879 e. The van der Waals surface area contributed by atoms with Gasteiger partial charge >= 0.3 is 0 Å². The molecule has 15 heavy (non-hydrogen) atoms. The second kappa shape index (κ2) is 3.79. The molecule has 0 aromatic carbocycles. The molecule has 0 spiro atoms. The van der Waals surface area contributed by atoms with E-state index in [-0.39, 0.29) is 0 Å².